The van der Waals surface area contributed by atoms with E-state index < -0.39 is 6.30 Å². The molecule has 1 N–H and O–H groups in total. The van der Waals surface area contributed by atoms with E-state index in [-0.39, 0.29) is 18.1 Å². The van der Waals surface area contributed by atoms with Gasteiger partial charge in [-0.2, -0.15) is 5.26 Å². The van der Waals surface area contributed by atoms with E-state index in [9.17, 15) is 9.18 Å². The van der Waals surface area contributed by atoms with E-state index >= 15 is 0 Å². The van der Waals surface area contributed by atoms with Gasteiger partial charge in [0.25, 0.3) is 5.56 Å². The third-order valence-corrected chi connectivity index (χ3v) is 5.45. The van der Waals surface area contributed by atoms with Crippen molar-refractivity contribution in [3.8, 4) is 6.07 Å². The molecule has 1 fully saturated rings. The number of anilines is 1. The minimum absolute atomic E-state index is 0.0500. The maximum absolute atomic E-state index is 14.9. The zero-order valence-corrected chi connectivity index (χ0v) is 16.3. The lowest BCUT2D eigenvalue weighted by Crippen LogP contribution is -2.52. The van der Waals surface area contributed by atoms with Gasteiger partial charge in [0.1, 0.15) is 11.9 Å². The van der Waals surface area contributed by atoms with Crippen molar-refractivity contribution in [2.24, 2.45) is 0 Å². The second-order valence-corrected chi connectivity index (χ2v) is 7.30. The van der Waals surface area contributed by atoms with Crippen LogP contribution in [0.3, 0.4) is 0 Å². The van der Waals surface area contributed by atoms with Crippen LogP contribution < -0.4 is 10.5 Å². The number of piperazine rings is 1. The molecule has 0 saturated carbocycles. The molecule has 2 atom stereocenters. The molecule has 7 nitrogen and oxygen atoms in total. The van der Waals surface area contributed by atoms with Gasteiger partial charge >= 0.3 is 0 Å². The number of halogens is 1. The summed E-state index contributed by atoms with van der Waals surface area (Å²) in [7, 11) is 0. The van der Waals surface area contributed by atoms with Gasteiger partial charge in [0, 0.05) is 43.6 Å². The number of fused-ring (bicyclic) bond motifs is 1. The van der Waals surface area contributed by atoms with Gasteiger partial charge in [-0.15, -0.1) is 0 Å². The first-order valence-corrected chi connectivity index (χ1v) is 9.47. The lowest BCUT2D eigenvalue weighted by atomic mass is 10.1. The molecule has 1 saturated heterocycles. The Kier molecular flexibility index (Phi) is 4.99. The Morgan fingerprint density at radius 2 is 2.10 bits per heavy atom. The average Bonchev–Trinajstić information content (AvgIpc) is 2.74. The van der Waals surface area contributed by atoms with Crippen LogP contribution in [0.25, 0.3) is 11.0 Å². The average molecular weight is 392 g/mol. The van der Waals surface area contributed by atoms with E-state index in [0.717, 1.165) is 11.1 Å². The Balaban J connectivity index is 1.51. The number of rotatable bonds is 3. The molecule has 0 spiro atoms. The van der Waals surface area contributed by atoms with Crippen LogP contribution in [0.5, 0.6) is 0 Å². The van der Waals surface area contributed by atoms with Crippen molar-refractivity contribution in [3.63, 3.8) is 0 Å². The molecule has 0 unspecified atom stereocenters. The number of nitrogens with zero attached hydrogens (tertiary/aromatic N) is 5. The number of nitrogens with one attached hydrogen (secondary N) is 1. The van der Waals surface area contributed by atoms with Crippen molar-refractivity contribution in [3.05, 3.63) is 63.7 Å². The SMILES string of the molecule is Cc1cc2ncc([C@H](C)N3CCN(c4ccc(C#N)cn4)[C@H](F)C3)cc2[nH]c1=O. The predicted octanol–water partition coefficient (Wildman–Crippen LogP) is 2.68. The quantitative estimate of drug-likeness (QED) is 0.690. The van der Waals surface area contributed by atoms with Crippen molar-refractivity contribution >= 4 is 16.9 Å². The van der Waals surface area contributed by atoms with Crippen LogP contribution in [-0.2, 0) is 0 Å². The van der Waals surface area contributed by atoms with E-state index in [1.54, 1.807) is 36.2 Å². The number of aromatic nitrogens is 3. The highest BCUT2D eigenvalue weighted by Crippen LogP contribution is 2.27. The van der Waals surface area contributed by atoms with Gasteiger partial charge in [-0.05, 0) is 43.7 Å². The molecule has 29 heavy (non-hydrogen) atoms. The van der Waals surface area contributed by atoms with Crippen molar-refractivity contribution < 1.29 is 4.39 Å². The van der Waals surface area contributed by atoms with Crippen LogP contribution in [-0.4, -0.2) is 45.8 Å². The van der Waals surface area contributed by atoms with Crippen LogP contribution in [0.4, 0.5) is 10.2 Å². The smallest absolute Gasteiger partial charge is 0.251 e. The molecule has 4 rings (SSSR count). The Bertz CT molecular complexity index is 1140. The second kappa shape index (κ2) is 7.60. The lowest BCUT2D eigenvalue weighted by Gasteiger charge is -2.40. The summed E-state index contributed by atoms with van der Waals surface area (Å²) in [6, 6.07) is 8.97. The Labute approximate surface area is 167 Å². The first-order chi connectivity index (χ1) is 14.0. The Morgan fingerprint density at radius 1 is 1.28 bits per heavy atom. The number of hydrogen-bond acceptors (Lipinski definition) is 6. The zero-order valence-electron chi connectivity index (χ0n) is 16.3. The largest absolute Gasteiger partial charge is 0.324 e. The van der Waals surface area contributed by atoms with E-state index in [2.05, 4.69) is 19.9 Å². The van der Waals surface area contributed by atoms with Gasteiger partial charge in [0.05, 0.1) is 16.6 Å². The molecule has 0 amide bonds. The Hall–Kier alpha value is -3.31. The molecule has 8 heteroatoms. The fraction of sp³-hybridized carbons (Fsp3) is 0.333. The number of nitriles is 1. The Morgan fingerprint density at radius 3 is 2.79 bits per heavy atom. The van der Waals surface area contributed by atoms with E-state index in [1.807, 2.05) is 19.1 Å². The van der Waals surface area contributed by atoms with Crippen molar-refractivity contribution in [1.29, 1.82) is 5.26 Å². The summed E-state index contributed by atoms with van der Waals surface area (Å²) in [6.45, 7) is 5.13. The maximum atomic E-state index is 14.9. The monoisotopic (exact) mass is 392 g/mol. The van der Waals surface area contributed by atoms with E-state index in [4.69, 9.17) is 5.26 Å². The van der Waals surface area contributed by atoms with Crippen LogP contribution in [0.2, 0.25) is 0 Å². The minimum atomic E-state index is -1.21. The summed E-state index contributed by atoms with van der Waals surface area (Å²) in [5, 5.41) is 8.88. The van der Waals surface area contributed by atoms with Crippen LogP contribution in [0.15, 0.2) is 41.5 Å². The van der Waals surface area contributed by atoms with Crippen LogP contribution >= 0.6 is 0 Å². The summed E-state index contributed by atoms with van der Waals surface area (Å²) in [5.41, 5.74) is 3.29. The molecule has 1 aliphatic heterocycles. The topological polar surface area (TPSA) is 88.9 Å². The standard InChI is InChI=1S/C21H21FN6O/c1-13-7-17-18(26-21(13)29)8-16(11-24-17)14(2)27-5-6-28(19(22)12-27)20-4-3-15(9-23)10-25-20/h3-4,7-8,10-11,14,19H,5-6,12H2,1-2H3,(H,26,29)/t14-,19-/m0/s1. The second-order valence-electron chi connectivity index (χ2n) is 7.30. The van der Waals surface area contributed by atoms with E-state index in [0.29, 0.717) is 35.6 Å². The van der Waals surface area contributed by atoms with Crippen molar-refractivity contribution in [2.45, 2.75) is 26.2 Å². The van der Waals surface area contributed by atoms with Gasteiger partial charge in [-0.3, -0.25) is 14.7 Å². The molecule has 4 heterocycles. The molecule has 3 aromatic rings. The highest BCUT2D eigenvalue weighted by molar-refractivity contribution is 5.74. The number of pyridine rings is 3. The fourth-order valence-electron chi connectivity index (χ4n) is 3.63. The normalized spacial score (nSPS) is 18.6. The molecule has 0 aliphatic carbocycles. The number of aromatic amines is 1. The molecule has 0 bridgehead atoms. The van der Waals surface area contributed by atoms with Gasteiger partial charge in [-0.25, -0.2) is 9.37 Å². The summed E-state index contributed by atoms with van der Waals surface area (Å²) in [6.07, 6.45) is 2.04. The molecule has 0 aromatic carbocycles. The third-order valence-electron chi connectivity index (χ3n) is 5.45. The maximum Gasteiger partial charge on any atom is 0.251 e. The van der Waals surface area contributed by atoms with Crippen molar-refractivity contribution in [2.75, 3.05) is 24.5 Å². The number of hydrogen-bond donors (Lipinski definition) is 1. The van der Waals surface area contributed by atoms with Gasteiger partial charge in [-0.1, -0.05) is 0 Å². The number of H-pyrrole nitrogens is 1. The van der Waals surface area contributed by atoms with Gasteiger partial charge in [0.2, 0.25) is 0 Å². The highest BCUT2D eigenvalue weighted by atomic mass is 19.1. The lowest BCUT2D eigenvalue weighted by molar-refractivity contribution is 0.117. The summed E-state index contributed by atoms with van der Waals surface area (Å²) in [5.74, 6) is 0.532. The van der Waals surface area contributed by atoms with Crippen molar-refractivity contribution in [1.82, 2.24) is 19.9 Å². The van der Waals surface area contributed by atoms with Gasteiger partial charge < -0.3 is 9.88 Å². The molecule has 1 aliphatic rings. The molecule has 148 valence electrons. The fourth-order valence-corrected chi connectivity index (χ4v) is 3.63. The first-order valence-electron chi connectivity index (χ1n) is 9.47. The molecular formula is C21H21FN6O. The van der Waals surface area contributed by atoms with E-state index in [1.165, 1.54) is 6.20 Å². The highest BCUT2D eigenvalue weighted by Gasteiger charge is 2.30. The predicted molar refractivity (Wildman–Crippen MR) is 108 cm³/mol. The molecule has 3 aromatic heterocycles. The summed E-state index contributed by atoms with van der Waals surface area (Å²) in [4.78, 5) is 27.1. The zero-order chi connectivity index (χ0) is 20.5. The van der Waals surface area contributed by atoms with Crippen LogP contribution in [0.1, 0.15) is 29.7 Å². The van der Waals surface area contributed by atoms with Gasteiger partial charge in [0.15, 0.2) is 6.30 Å². The third kappa shape index (κ3) is 3.69. The number of aryl methyl sites for hydroxylation is 1. The van der Waals surface area contributed by atoms with Crippen LogP contribution in [0, 0.1) is 18.3 Å². The first kappa shape index (κ1) is 19.0. The minimum Gasteiger partial charge on any atom is -0.324 e. The molecular weight excluding hydrogens is 371 g/mol. The summed E-state index contributed by atoms with van der Waals surface area (Å²) >= 11 is 0. The summed E-state index contributed by atoms with van der Waals surface area (Å²) < 4.78 is 14.9. The number of alkyl halides is 1. The molecule has 0 radical (unpaired) electrons.